The largest absolute Gasteiger partial charge is 0.493 e. The number of rotatable bonds is 5. The molecular formula is C12H14O4. The molecule has 1 aromatic rings. The summed E-state index contributed by atoms with van der Waals surface area (Å²) in [6.45, 7) is 3.61. The third-order valence-electron chi connectivity index (χ3n) is 2.15. The summed E-state index contributed by atoms with van der Waals surface area (Å²) in [5, 5.41) is 9.05. The van der Waals surface area contributed by atoms with Gasteiger partial charge in [0, 0.05) is 0 Å². The third-order valence-corrected chi connectivity index (χ3v) is 2.15. The fourth-order valence-corrected chi connectivity index (χ4v) is 1.46. The van der Waals surface area contributed by atoms with Crippen LogP contribution in [-0.4, -0.2) is 25.3 Å². The second-order valence-corrected chi connectivity index (χ2v) is 3.18. The van der Waals surface area contributed by atoms with Gasteiger partial charge in [0.15, 0.2) is 11.5 Å². The zero-order chi connectivity index (χ0) is 12.1. The smallest absolute Gasteiger partial charge is 0.339 e. The van der Waals surface area contributed by atoms with E-state index in [1.54, 1.807) is 18.2 Å². The van der Waals surface area contributed by atoms with Crippen LogP contribution >= 0.6 is 0 Å². The lowest BCUT2D eigenvalue weighted by Gasteiger charge is -2.12. The number of carbonyl (C=O) groups is 1. The molecule has 86 valence electrons. The first-order chi connectivity index (χ1) is 7.63. The minimum absolute atomic E-state index is 0.0960. The minimum atomic E-state index is -1.04. The molecule has 0 fully saturated rings. The third kappa shape index (κ3) is 2.34. The highest BCUT2D eigenvalue weighted by Crippen LogP contribution is 2.32. The van der Waals surface area contributed by atoms with E-state index in [0.717, 1.165) is 5.56 Å². The van der Waals surface area contributed by atoms with E-state index in [0.29, 0.717) is 12.2 Å². The van der Waals surface area contributed by atoms with E-state index in [-0.39, 0.29) is 11.3 Å². The van der Waals surface area contributed by atoms with Gasteiger partial charge in [-0.1, -0.05) is 6.08 Å². The monoisotopic (exact) mass is 222 g/mol. The zero-order valence-corrected chi connectivity index (χ0v) is 9.32. The summed E-state index contributed by atoms with van der Waals surface area (Å²) in [4.78, 5) is 11.0. The van der Waals surface area contributed by atoms with Gasteiger partial charge in [-0.2, -0.15) is 0 Å². The number of benzene rings is 1. The molecule has 0 aliphatic carbocycles. The lowest BCUT2D eigenvalue weighted by Crippen LogP contribution is -2.04. The van der Waals surface area contributed by atoms with Crippen molar-refractivity contribution in [2.75, 3.05) is 14.2 Å². The van der Waals surface area contributed by atoms with Crippen molar-refractivity contribution in [1.29, 1.82) is 0 Å². The lowest BCUT2D eigenvalue weighted by atomic mass is 10.1. The van der Waals surface area contributed by atoms with Crippen LogP contribution in [0.3, 0.4) is 0 Å². The summed E-state index contributed by atoms with van der Waals surface area (Å²) >= 11 is 0. The molecule has 0 aromatic heterocycles. The molecule has 0 bridgehead atoms. The van der Waals surface area contributed by atoms with Crippen LogP contribution in [0.4, 0.5) is 0 Å². The van der Waals surface area contributed by atoms with Gasteiger partial charge in [-0.3, -0.25) is 0 Å². The predicted molar refractivity (Wildman–Crippen MR) is 60.4 cm³/mol. The van der Waals surface area contributed by atoms with Crippen molar-refractivity contribution in [1.82, 2.24) is 0 Å². The Morgan fingerprint density at radius 1 is 1.44 bits per heavy atom. The van der Waals surface area contributed by atoms with Gasteiger partial charge in [-0.15, -0.1) is 6.58 Å². The molecule has 0 aliphatic rings. The van der Waals surface area contributed by atoms with Gasteiger partial charge in [-0.25, -0.2) is 4.79 Å². The molecule has 0 aliphatic heterocycles. The molecule has 0 amide bonds. The van der Waals surface area contributed by atoms with Crippen molar-refractivity contribution in [3.63, 3.8) is 0 Å². The maximum absolute atomic E-state index is 11.0. The molecule has 4 heteroatoms. The van der Waals surface area contributed by atoms with Gasteiger partial charge < -0.3 is 14.6 Å². The number of aromatic carboxylic acids is 1. The van der Waals surface area contributed by atoms with Gasteiger partial charge in [0.1, 0.15) is 5.56 Å². The van der Waals surface area contributed by atoms with E-state index in [1.165, 1.54) is 14.2 Å². The van der Waals surface area contributed by atoms with E-state index >= 15 is 0 Å². The van der Waals surface area contributed by atoms with Crippen LogP contribution < -0.4 is 9.47 Å². The molecule has 1 N–H and O–H groups in total. The number of ether oxygens (including phenoxy) is 2. The normalized spacial score (nSPS) is 9.62. The number of hydrogen-bond acceptors (Lipinski definition) is 3. The van der Waals surface area contributed by atoms with Crippen molar-refractivity contribution in [3.8, 4) is 11.5 Å². The summed E-state index contributed by atoms with van der Waals surface area (Å²) in [5.74, 6) is -0.386. The lowest BCUT2D eigenvalue weighted by molar-refractivity contribution is 0.0692. The van der Waals surface area contributed by atoms with Crippen LogP contribution in [0, 0.1) is 0 Å². The highest BCUT2D eigenvalue weighted by molar-refractivity contribution is 5.92. The number of allylic oxidation sites excluding steroid dienone is 1. The van der Waals surface area contributed by atoms with Gasteiger partial charge in [0.2, 0.25) is 0 Å². The molecule has 0 saturated heterocycles. The van der Waals surface area contributed by atoms with Gasteiger partial charge in [-0.05, 0) is 24.1 Å². The van der Waals surface area contributed by atoms with E-state index in [4.69, 9.17) is 14.6 Å². The van der Waals surface area contributed by atoms with E-state index in [9.17, 15) is 4.79 Å². The quantitative estimate of drug-likeness (QED) is 0.775. The summed E-state index contributed by atoms with van der Waals surface area (Å²) in [6, 6.07) is 3.30. The zero-order valence-electron chi connectivity index (χ0n) is 9.32. The number of carboxylic acid groups (broad SMARTS) is 1. The van der Waals surface area contributed by atoms with E-state index in [2.05, 4.69) is 6.58 Å². The average Bonchev–Trinajstić information content (AvgIpc) is 2.28. The Labute approximate surface area is 94.1 Å². The first-order valence-corrected chi connectivity index (χ1v) is 4.73. The van der Waals surface area contributed by atoms with Crippen LogP contribution in [0.2, 0.25) is 0 Å². The topological polar surface area (TPSA) is 55.8 Å². The maximum Gasteiger partial charge on any atom is 0.339 e. The van der Waals surface area contributed by atoms with Crippen molar-refractivity contribution in [2.24, 2.45) is 0 Å². The van der Waals surface area contributed by atoms with Crippen molar-refractivity contribution in [3.05, 3.63) is 35.9 Å². The molecule has 0 atom stereocenters. The summed E-state index contributed by atoms with van der Waals surface area (Å²) in [7, 11) is 2.89. The molecule has 16 heavy (non-hydrogen) atoms. The average molecular weight is 222 g/mol. The second-order valence-electron chi connectivity index (χ2n) is 3.18. The van der Waals surface area contributed by atoms with E-state index < -0.39 is 5.97 Å². The number of hydrogen-bond donors (Lipinski definition) is 1. The Morgan fingerprint density at radius 2 is 2.12 bits per heavy atom. The van der Waals surface area contributed by atoms with Gasteiger partial charge in [0.25, 0.3) is 0 Å². The Bertz CT molecular complexity index is 410. The molecule has 1 rings (SSSR count). The van der Waals surface area contributed by atoms with Crippen LogP contribution in [0.1, 0.15) is 15.9 Å². The van der Waals surface area contributed by atoms with Crippen LogP contribution in [0.15, 0.2) is 24.8 Å². The van der Waals surface area contributed by atoms with Crippen molar-refractivity contribution < 1.29 is 19.4 Å². The first-order valence-electron chi connectivity index (χ1n) is 4.73. The summed E-state index contributed by atoms with van der Waals surface area (Å²) in [5.41, 5.74) is 0.920. The van der Waals surface area contributed by atoms with Crippen LogP contribution in [-0.2, 0) is 6.42 Å². The van der Waals surface area contributed by atoms with Crippen molar-refractivity contribution in [2.45, 2.75) is 6.42 Å². The van der Waals surface area contributed by atoms with Gasteiger partial charge in [0.05, 0.1) is 14.2 Å². The van der Waals surface area contributed by atoms with E-state index in [1.807, 2.05) is 0 Å². The predicted octanol–water partition coefficient (Wildman–Crippen LogP) is 2.13. The minimum Gasteiger partial charge on any atom is -0.493 e. The van der Waals surface area contributed by atoms with Crippen LogP contribution in [0.25, 0.3) is 0 Å². The molecule has 4 nitrogen and oxygen atoms in total. The Balaban J connectivity index is 3.36. The molecule has 0 unspecified atom stereocenters. The second kappa shape index (κ2) is 5.21. The maximum atomic E-state index is 11.0. The standard InChI is InChI=1S/C12H14O4/c1-4-5-8-6-9(12(13)14)11(16-3)10(7-8)15-2/h4,6-7H,1,5H2,2-3H3,(H,13,14). The fraction of sp³-hybridized carbons (Fsp3) is 0.250. The Hall–Kier alpha value is -1.97. The number of methoxy groups -OCH3 is 2. The highest BCUT2D eigenvalue weighted by Gasteiger charge is 2.17. The highest BCUT2D eigenvalue weighted by atomic mass is 16.5. The Kier molecular flexibility index (Phi) is 3.94. The first kappa shape index (κ1) is 12.1. The van der Waals surface area contributed by atoms with Gasteiger partial charge >= 0.3 is 5.97 Å². The molecular weight excluding hydrogens is 208 g/mol. The summed E-state index contributed by atoms with van der Waals surface area (Å²) < 4.78 is 10.1. The Morgan fingerprint density at radius 3 is 2.56 bits per heavy atom. The summed E-state index contributed by atoms with van der Waals surface area (Å²) in [6.07, 6.45) is 2.29. The number of carboxylic acids is 1. The fourth-order valence-electron chi connectivity index (χ4n) is 1.46. The van der Waals surface area contributed by atoms with Crippen molar-refractivity contribution >= 4 is 5.97 Å². The molecule has 0 heterocycles. The SMILES string of the molecule is C=CCc1cc(OC)c(OC)c(C(=O)O)c1. The molecule has 1 aromatic carbocycles. The molecule has 0 saturated carbocycles. The molecule has 0 spiro atoms. The van der Waals surface area contributed by atoms with Crippen LogP contribution in [0.5, 0.6) is 11.5 Å². The molecule has 0 radical (unpaired) electrons.